The fourth-order valence-corrected chi connectivity index (χ4v) is 6.81. The Morgan fingerprint density at radius 2 is 1.29 bits per heavy atom. The number of thiocarbonyl (C=S) groups is 2. The smallest absolute Gasteiger partial charge is 0.145 e. The molecule has 0 rings (SSSR count). The van der Waals surface area contributed by atoms with Gasteiger partial charge in [-0.25, -0.2) is 0 Å². The zero-order valence-corrected chi connectivity index (χ0v) is 12.8. The normalized spacial score (nSPS) is 9.57. The Morgan fingerprint density at radius 3 is 1.57 bits per heavy atom. The van der Waals surface area contributed by atoms with E-state index in [-0.39, 0.29) is 0 Å². The Hall–Kier alpha value is 1.18. The predicted octanol–water partition coefficient (Wildman–Crippen LogP) is 3.45. The number of rotatable bonds is 5. The van der Waals surface area contributed by atoms with Crippen molar-refractivity contribution >= 4 is 74.3 Å². The Morgan fingerprint density at radius 1 is 0.929 bits per heavy atom. The van der Waals surface area contributed by atoms with Crippen molar-refractivity contribution in [3.8, 4) is 0 Å². The highest BCUT2D eigenvalue weighted by Crippen LogP contribution is 2.43. The average molecular weight is 305 g/mol. The lowest BCUT2D eigenvalue weighted by molar-refractivity contribution is 0.996. The molecule has 14 heavy (non-hydrogen) atoms. The minimum atomic E-state index is 0.819. The van der Waals surface area contributed by atoms with E-state index in [9.17, 15) is 0 Å². The fourth-order valence-electron chi connectivity index (χ4n) is 0.437. The van der Waals surface area contributed by atoms with Crippen LogP contribution in [0.2, 0.25) is 0 Å². The molecule has 8 heteroatoms. The van der Waals surface area contributed by atoms with Gasteiger partial charge in [-0.3, -0.25) is 0 Å². The van der Waals surface area contributed by atoms with Crippen LogP contribution in [-0.4, -0.2) is 21.7 Å². The van der Waals surface area contributed by atoms with Gasteiger partial charge in [0.05, 0.1) is 0 Å². The molecule has 2 N–H and O–H groups in total. The van der Waals surface area contributed by atoms with Crippen molar-refractivity contribution in [2.45, 2.75) is 13.8 Å². The molecule has 0 aliphatic heterocycles. The monoisotopic (exact) mass is 304 g/mol. The molecule has 0 fully saturated rings. The van der Waals surface area contributed by atoms with Crippen molar-refractivity contribution in [3.05, 3.63) is 0 Å². The summed E-state index contributed by atoms with van der Waals surface area (Å²) < 4.78 is 1.64. The van der Waals surface area contributed by atoms with Crippen LogP contribution in [0.15, 0.2) is 0 Å². The predicted molar refractivity (Wildman–Crippen MR) is 82.9 cm³/mol. The van der Waals surface area contributed by atoms with Gasteiger partial charge < -0.3 is 10.6 Å². The lowest BCUT2D eigenvalue weighted by Crippen LogP contribution is -2.16. The van der Waals surface area contributed by atoms with Gasteiger partial charge in [-0.15, -0.1) is 0 Å². The summed E-state index contributed by atoms with van der Waals surface area (Å²) in [6.45, 7) is 5.80. The largest absolute Gasteiger partial charge is 0.371 e. The lowest BCUT2D eigenvalue weighted by atomic mass is 10.8. The summed E-state index contributed by atoms with van der Waals surface area (Å²) in [4.78, 5) is 0. The molecule has 0 unspecified atom stereocenters. The van der Waals surface area contributed by atoms with Crippen LogP contribution in [0.1, 0.15) is 13.8 Å². The van der Waals surface area contributed by atoms with Gasteiger partial charge in [0, 0.05) is 13.1 Å². The van der Waals surface area contributed by atoms with E-state index in [0.29, 0.717) is 0 Å². The second-order valence-electron chi connectivity index (χ2n) is 1.94. The first-order chi connectivity index (χ1) is 6.70. The summed E-state index contributed by atoms with van der Waals surface area (Å²) in [5, 5.41) is 6.12. The number of hydrogen-bond acceptors (Lipinski definition) is 6. The van der Waals surface area contributed by atoms with Gasteiger partial charge in [0.15, 0.2) is 0 Å². The third kappa shape index (κ3) is 9.72. The van der Waals surface area contributed by atoms with Crippen molar-refractivity contribution in [1.29, 1.82) is 0 Å². The molecule has 2 nitrogen and oxygen atoms in total. The Bertz CT molecular complexity index is 165. The van der Waals surface area contributed by atoms with E-state index in [2.05, 4.69) is 10.6 Å². The van der Waals surface area contributed by atoms with Crippen LogP contribution in [-0.2, 0) is 0 Å². The van der Waals surface area contributed by atoms with Gasteiger partial charge >= 0.3 is 0 Å². The number of hydrogen-bond donors (Lipinski definition) is 2. The molecule has 0 atom stereocenters. The van der Waals surface area contributed by atoms with Gasteiger partial charge in [0.1, 0.15) is 8.64 Å². The van der Waals surface area contributed by atoms with Gasteiger partial charge in [-0.1, -0.05) is 24.4 Å². The van der Waals surface area contributed by atoms with Crippen molar-refractivity contribution in [2.75, 3.05) is 13.1 Å². The molecule has 0 amide bonds. The minimum absolute atomic E-state index is 0.819. The van der Waals surface area contributed by atoms with Crippen LogP contribution in [0, 0.1) is 0 Å². The third-order valence-corrected chi connectivity index (χ3v) is 7.89. The first-order valence-corrected chi connectivity index (χ1v) is 9.57. The van der Waals surface area contributed by atoms with Crippen molar-refractivity contribution in [2.24, 2.45) is 0 Å². The van der Waals surface area contributed by atoms with E-state index in [1.165, 1.54) is 0 Å². The van der Waals surface area contributed by atoms with Crippen LogP contribution in [0.25, 0.3) is 0 Å². The van der Waals surface area contributed by atoms with Gasteiger partial charge in [0.25, 0.3) is 0 Å². The molecule has 0 aliphatic rings. The zero-order chi connectivity index (χ0) is 10.8. The molecular formula is C6H12N2S6. The molecule has 0 bridgehead atoms. The van der Waals surface area contributed by atoms with Crippen LogP contribution >= 0.6 is 65.7 Å². The van der Waals surface area contributed by atoms with E-state index in [4.69, 9.17) is 24.4 Å². The standard InChI is InChI=1S/C6H12N2S6/c1-3-7-5(9)11-13-14-12-6(10)8-4-2/h3-4H2,1-2H3,(H,7,9)(H,8,10). The lowest BCUT2D eigenvalue weighted by Gasteiger charge is -2.04. The summed E-state index contributed by atoms with van der Waals surface area (Å²) in [6, 6.07) is 0. The van der Waals surface area contributed by atoms with E-state index in [0.717, 1.165) is 21.7 Å². The first-order valence-electron chi connectivity index (χ1n) is 3.94. The summed E-state index contributed by atoms with van der Waals surface area (Å²) in [6.07, 6.45) is 0. The molecule has 0 saturated heterocycles. The fraction of sp³-hybridized carbons (Fsp3) is 0.667. The van der Waals surface area contributed by atoms with E-state index in [1.807, 2.05) is 13.8 Å². The van der Waals surface area contributed by atoms with Gasteiger partial charge in [-0.05, 0) is 55.1 Å². The molecule has 0 aromatic carbocycles. The van der Waals surface area contributed by atoms with E-state index < -0.39 is 0 Å². The summed E-state index contributed by atoms with van der Waals surface area (Å²) in [5.74, 6) is 0. The SMILES string of the molecule is CCNC(=S)SSSSC(=S)NCC. The van der Waals surface area contributed by atoms with E-state index in [1.54, 1.807) is 41.2 Å². The molecule has 82 valence electrons. The molecular weight excluding hydrogens is 292 g/mol. The molecule has 0 aromatic rings. The molecule has 0 radical (unpaired) electrons. The maximum atomic E-state index is 5.04. The Balaban J connectivity index is 3.28. The van der Waals surface area contributed by atoms with Crippen LogP contribution in [0.3, 0.4) is 0 Å². The molecule has 0 spiro atoms. The molecule has 0 aromatic heterocycles. The highest BCUT2D eigenvalue weighted by atomic mass is 33.7. The average Bonchev–Trinajstić information content (AvgIpc) is 2.13. The Labute approximate surface area is 111 Å². The van der Waals surface area contributed by atoms with Crippen molar-refractivity contribution in [1.82, 2.24) is 10.6 Å². The quantitative estimate of drug-likeness (QED) is 0.452. The second-order valence-corrected chi connectivity index (χ2v) is 8.96. The van der Waals surface area contributed by atoms with Gasteiger partial charge in [-0.2, -0.15) is 0 Å². The van der Waals surface area contributed by atoms with Crippen molar-refractivity contribution in [3.63, 3.8) is 0 Å². The summed E-state index contributed by atoms with van der Waals surface area (Å²) in [5.41, 5.74) is 0. The second kappa shape index (κ2) is 10.7. The highest BCUT2D eigenvalue weighted by molar-refractivity contribution is 9.29. The van der Waals surface area contributed by atoms with Crippen LogP contribution < -0.4 is 10.6 Å². The van der Waals surface area contributed by atoms with Crippen LogP contribution in [0.5, 0.6) is 0 Å². The topological polar surface area (TPSA) is 24.1 Å². The third-order valence-electron chi connectivity index (χ3n) is 0.889. The summed E-state index contributed by atoms with van der Waals surface area (Å²) in [7, 11) is 6.35. The molecule has 0 saturated carbocycles. The minimum Gasteiger partial charge on any atom is -0.371 e. The van der Waals surface area contributed by atoms with Gasteiger partial charge in [0.2, 0.25) is 0 Å². The maximum absolute atomic E-state index is 5.04. The Kier molecular flexibility index (Phi) is 11.6. The summed E-state index contributed by atoms with van der Waals surface area (Å²) >= 11 is 10.1. The molecule has 0 heterocycles. The molecule has 0 aliphatic carbocycles. The van der Waals surface area contributed by atoms with Crippen molar-refractivity contribution < 1.29 is 0 Å². The highest BCUT2D eigenvalue weighted by Gasteiger charge is 2.00. The maximum Gasteiger partial charge on any atom is 0.145 e. The number of nitrogens with one attached hydrogen (secondary N) is 2. The first kappa shape index (κ1) is 15.2. The zero-order valence-electron chi connectivity index (χ0n) is 7.86. The van der Waals surface area contributed by atoms with Crippen LogP contribution in [0.4, 0.5) is 0 Å². The van der Waals surface area contributed by atoms with E-state index >= 15 is 0 Å².